The van der Waals surface area contributed by atoms with E-state index in [4.69, 9.17) is 9.26 Å². The number of hydrogen-bond donors (Lipinski definition) is 0. The van der Waals surface area contributed by atoms with Crippen molar-refractivity contribution in [1.82, 2.24) is 15.0 Å². The second-order valence-corrected chi connectivity index (χ2v) is 6.72. The molecule has 2 heterocycles. The van der Waals surface area contributed by atoms with Gasteiger partial charge in [0.25, 0.3) is 11.8 Å². The first kappa shape index (κ1) is 16.3. The summed E-state index contributed by atoms with van der Waals surface area (Å²) in [7, 11) is 0. The Morgan fingerprint density at radius 1 is 1.12 bits per heavy atom. The van der Waals surface area contributed by atoms with Gasteiger partial charge in [0, 0.05) is 31.7 Å². The first-order valence-electron chi connectivity index (χ1n) is 8.04. The summed E-state index contributed by atoms with van der Waals surface area (Å²) in [6.07, 6.45) is -0.278. The summed E-state index contributed by atoms with van der Waals surface area (Å²) in [4.78, 5) is 20.2. The Hall–Kier alpha value is -2.57. The summed E-state index contributed by atoms with van der Waals surface area (Å²) < 4.78 is 10.7. The van der Waals surface area contributed by atoms with E-state index in [1.807, 2.05) is 56.0 Å². The van der Waals surface area contributed by atoms with E-state index in [1.54, 1.807) is 4.90 Å². The van der Waals surface area contributed by atoms with Crippen molar-refractivity contribution in [2.24, 2.45) is 0 Å². The highest BCUT2D eigenvalue weighted by atomic mass is 16.6. The Kier molecular flexibility index (Phi) is 4.42. The lowest BCUT2D eigenvalue weighted by Crippen LogP contribution is -2.50. The highest BCUT2D eigenvalue weighted by Gasteiger charge is 2.27. The number of hydrogen-bond acceptors (Lipinski definition) is 6. The van der Waals surface area contributed by atoms with Crippen LogP contribution in [0.25, 0.3) is 11.5 Å². The van der Waals surface area contributed by atoms with Crippen molar-refractivity contribution in [3.63, 3.8) is 0 Å². The summed E-state index contributed by atoms with van der Waals surface area (Å²) in [5.41, 5.74) is 0.413. The monoisotopic (exact) mass is 330 g/mol. The molecule has 0 aliphatic carbocycles. The van der Waals surface area contributed by atoms with Crippen LogP contribution in [-0.2, 0) is 4.74 Å². The number of ether oxygens (including phenoxy) is 1. The van der Waals surface area contributed by atoms with Gasteiger partial charge in [-0.15, -0.1) is 0 Å². The zero-order valence-corrected chi connectivity index (χ0v) is 14.2. The van der Waals surface area contributed by atoms with Gasteiger partial charge in [0.1, 0.15) is 5.60 Å². The predicted molar refractivity (Wildman–Crippen MR) is 89.8 cm³/mol. The molecule has 1 aromatic heterocycles. The molecule has 1 fully saturated rings. The SMILES string of the molecule is CC(C)(C)OC(=O)N1CCN(c2noc(-c3ccccc3)n2)CC1. The molecule has 1 aliphatic rings. The summed E-state index contributed by atoms with van der Waals surface area (Å²) in [5, 5.41) is 4.05. The number of carbonyl (C=O) groups is 1. The van der Waals surface area contributed by atoms with Gasteiger partial charge >= 0.3 is 6.09 Å². The Balaban J connectivity index is 1.59. The van der Waals surface area contributed by atoms with Crippen molar-refractivity contribution in [1.29, 1.82) is 0 Å². The Morgan fingerprint density at radius 2 is 1.79 bits per heavy atom. The summed E-state index contributed by atoms with van der Waals surface area (Å²) >= 11 is 0. The summed E-state index contributed by atoms with van der Waals surface area (Å²) in [6.45, 7) is 8.04. The van der Waals surface area contributed by atoms with Crippen LogP contribution < -0.4 is 4.90 Å². The van der Waals surface area contributed by atoms with Crippen LogP contribution in [0.5, 0.6) is 0 Å². The van der Waals surface area contributed by atoms with Crippen molar-refractivity contribution in [3.05, 3.63) is 30.3 Å². The van der Waals surface area contributed by atoms with Gasteiger partial charge in [0.2, 0.25) is 0 Å². The lowest BCUT2D eigenvalue weighted by Gasteiger charge is -2.34. The molecule has 0 unspecified atom stereocenters. The van der Waals surface area contributed by atoms with Gasteiger partial charge in [-0.2, -0.15) is 4.98 Å². The summed E-state index contributed by atoms with van der Waals surface area (Å²) in [6, 6.07) is 9.66. The third-order valence-electron chi connectivity index (χ3n) is 3.65. The van der Waals surface area contributed by atoms with Crippen LogP contribution >= 0.6 is 0 Å². The minimum Gasteiger partial charge on any atom is -0.444 e. The molecule has 1 amide bonds. The smallest absolute Gasteiger partial charge is 0.410 e. The molecule has 1 saturated heterocycles. The van der Waals surface area contributed by atoms with Crippen molar-refractivity contribution in [2.75, 3.05) is 31.1 Å². The van der Waals surface area contributed by atoms with Crippen molar-refractivity contribution >= 4 is 12.0 Å². The van der Waals surface area contributed by atoms with Gasteiger partial charge in [-0.05, 0) is 38.1 Å². The topological polar surface area (TPSA) is 71.7 Å². The zero-order chi connectivity index (χ0) is 17.2. The second-order valence-electron chi connectivity index (χ2n) is 6.72. The van der Waals surface area contributed by atoms with Gasteiger partial charge in [-0.25, -0.2) is 4.79 Å². The Labute approximate surface area is 141 Å². The minimum atomic E-state index is -0.480. The Bertz CT molecular complexity index is 685. The molecule has 24 heavy (non-hydrogen) atoms. The maximum absolute atomic E-state index is 12.1. The zero-order valence-electron chi connectivity index (χ0n) is 14.2. The van der Waals surface area contributed by atoms with E-state index in [0.29, 0.717) is 38.0 Å². The average molecular weight is 330 g/mol. The quantitative estimate of drug-likeness (QED) is 0.843. The van der Waals surface area contributed by atoms with Crippen LogP contribution in [0.1, 0.15) is 20.8 Å². The van der Waals surface area contributed by atoms with E-state index < -0.39 is 5.60 Å². The van der Waals surface area contributed by atoms with Crippen LogP contribution in [-0.4, -0.2) is 52.9 Å². The lowest BCUT2D eigenvalue weighted by atomic mass is 10.2. The lowest BCUT2D eigenvalue weighted by molar-refractivity contribution is 0.0240. The third kappa shape index (κ3) is 3.84. The highest BCUT2D eigenvalue weighted by Crippen LogP contribution is 2.21. The number of anilines is 1. The molecule has 0 bridgehead atoms. The molecule has 0 saturated carbocycles. The van der Waals surface area contributed by atoms with Crippen LogP contribution in [0.4, 0.5) is 10.7 Å². The third-order valence-corrected chi connectivity index (χ3v) is 3.65. The van der Waals surface area contributed by atoms with E-state index >= 15 is 0 Å². The summed E-state index contributed by atoms with van der Waals surface area (Å²) in [5.74, 6) is 1.05. The molecule has 3 rings (SSSR count). The molecular formula is C17H22N4O3. The number of rotatable bonds is 2. The fourth-order valence-corrected chi connectivity index (χ4v) is 2.46. The van der Waals surface area contributed by atoms with Crippen LogP contribution in [0.15, 0.2) is 34.9 Å². The van der Waals surface area contributed by atoms with Gasteiger partial charge in [0.15, 0.2) is 0 Å². The number of piperazine rings is 1. The number of nitrogens with zero attached hydrogens (tertiary/aromatic N) is 4. The van der Waals surface area contributed by atoms with E-state index in [2.05, 4.69) is 10.1 Å². The van der Waals surface area contributed by atoms with Crippen molar-refractivity contribution in [3.8, 4) is 11.5 Å². The van der Waals surface area contributed by atoms with E-state index in [-0.39, 0.29) is 6.09 Å². The van der Waals surface area contributed by atoms with Gasteiger partial charge in [-0.3, -0.25) is 0 Å². The largest absolute Gasteiger partial charge is 0.444 e. The molecule has 1 aliphatic heterocycles. The molecule has 7 heteroatoms. The molecule has 128 valence electrons. The molecule has 2 aromatic rings. The fraction of sp³-hybridized carbons (Fsp3) is 0.471. The predicted octanol–water partition coefficient (Wildman–Crippen LogP) is 2.79. The average Bonchev–Trinajstić information content (AvgIpc) is 3.04. The maximum Gasteiger partial charge on any atom is 0.410 e. The van der Waals surface area contributed by atoms with Gasteiger partial charge in [0.05, 0.1) is 0 Å². The second kappa shape index (κ2) is 6.51. The first-order valence-corrected chi connectivity index (χ1v) is 8.04. The standard InChI is InChI=1S/C17H22N4O3/c1-17(2,3)23-16(22)21-11-9-20(10-12-21)15-18-14(24-19-15)13-7-5-4-6-8-13/h4-8H,9-12H2,1-3H3. The molecule has 0 atom stereocenters. The Morgan fingerprint density at radius 3 is 2.42 bits per heavy atom. The van der Waals surface area contributed by atoms with Crippen LogP contribution in [0.3, 0.4) is 0 Å². The number of amides is 1. The fourth-order valence-electron chi connectivity index (χ4n) is 2.46. The van der Waals surface area contributed by atoms with Crippen LogP contribution in [0, 0.1) is 0 Å². The minimum absolute atomic E-state index is 0.278. The van der Waals surface area contributed by atoms with E-state index in [0.717, 1.165) is 5.56 Å². The highest BCUT2D eigenvalue weighted by molar-refractivity contribution is 5.68. The van der Waals surface area contributed by atoms with E-state index in [9.17, 15) is 4.79 Å². The molecular weight excluding hydrogens is 308 g/mol. The maximum atomic E-state index is 12.1. The molecule has 1 aromatic carbocycles. The van der Waals surface area contributed by atoms with E-state index in [1.165, 1.54) is 0 Å². The number of aromatic nitrogens is 2. The molecule has 0 radical (unpaired) electrons. The molecule has 7 nitrogen and oxygen atoms in total. The van der Waals surface area contributed by atoms with Crippen molar-refractivity contribution in [2.45, 2.75) is 26.4 Å². The van der Waals surface area contributed by atoms with Crippen molar-refractivity contribution < 1.29 is 14.1 Å². The van der Waals surface area contributed by atoms with Gasteiger partial charge < -0.3 is 19.1 Å². The van der Waals surface area contributed by atoms with Gasteiger partial charge in [-0.1, -0.05) is 18.2 Å². The number of benzene rings is 1. The van der Waals surface area contributed by atoms with Crippen LogP contribution in [0.2, 0.25) is 0 Å². The first-order chi connectivity index (χ1) is 11.4. The number of carbonyl (C=O) groups excluding carboxylic acids is 1. The normalized spacial score (nSPS) is 15.5. The molecule has 0 spiro atoms. The molecule has 0 N–H and O–H groups in total.